The summed E-state index contributed by atoms with van der Waals surface area (Å²) in [6.07, 6.45) is 2.68. The topological polar surface area (TPSA) is 46.6 Å². The molecule has 1 saturated heterocycles. The molecular weight excluding hydrogens is 252 g/mol. The Labute approximate surface area is 124 Å². The van der Waals surface area contributed by atoms with E-state index in [0.717, 1.165) is 17.9 Å². The summed E-state index contributed by atoms with van der Waals surface area (Å²) in [5.41, 5.74) is -1.59. The number of hydrogen-bond acceptors (Lipinski definition) is 3. The van der Waals surface area contributed by atoms with E-state index >= 15 is 0 Å². The highest BCUT2D eigenvalue weighted by Gasteiger charge is 2.53. The molecule has 0 aromatic heterocycles. The van der Waals surface area contributed by atoms with Crippen LogP contribution in [0.15, 0.2) is 0 Å². The van der Waals surface area contributed by atoms with Crippen LogP contribution >= 0.6 is 0 Å². The van der Waals surface area contributed by atoms with Gasteiger partial charge in [-0.25, -0.2) is 0 Å². The Kier molecular flexibility index (Phi) is 4.92. The van der Waals surface area contributed by atoms with Gasteiger partial charge in [0.2, 0.25) is 5.91 Å². The van der Waals surface area contributed by atoms with Crippen LogP contribution in [0.25, 0.3) is 0 Å². The van der Waals surface area contributed by atoms with Gasteiger partial charge >= 0.3 is 0 Å². The fourth-order valence-electron chi connectivity index (χ4n) is 3.36. The van der Waals surface area contributed by atoms with Gasteiger partial charge in [0.05, 0.1) is 5.54 Å². The summed E-state index contributed by atoms with van der Waals surface area (Å²) in [5.74, 6) is 0.00234. The maximum Gasteiger partial charge on any atom is 0.242 e. The van der Waals surface area contributed by atoms with Crippen molar-refractivity contribution in [2.45, 2.75) is 90.8 Å². The lowest BCUT2D eigenvalue weighted by Gasteiger charge is -2.65. The SMILES string of the molecule is CCC1(CC)CN(C(C)(C)C)C(=O)C(CC)(CC)N1[O-]. The molecule has 0 aromatic rings. The first-order valence-electron chi connectivity index (χ1n) is 7.94. The highest BCUT2D eigenvalue weighted by atomic mass is 16.5. The Hall–Kier alpha value is -0.610. The molecule has 20 heavy (non-hydrogen) atoms. The number of carbonyl (C=O) groups is 1. The van der Waals surface area contributed by atoms with Crippen molar-refractivity contribution in [1.29, 1.82) is 0 Å². The van der Waals surface area contributed by atoms with Gasteiger partial charge in [-0.15, -0.1) is 0 Å². The molecule has 0 bridgehead atoms. The zero-order valence-electron chi connectivity index (χ0n) is 14.2. The van der Waals surface area contributed by atoms with E-state index in [1.165, 1.54) is 0 Å². The third-order valence-corrected chi connectivity index (χ3v) is 5.21. The van der Waals surface area contributed by atoms with E-state index < -0.39 is 11.1 Å². The van der Waals surface area contributed by atoms with Gasteiger partial charge in [0.1, 0.15) is 0 Å². The minimum absolute atomic E-state index is 0.00234. The van der Waals surface area contributed by atoms with Gasteiger partial charge in [0.15, 0.2) is 0 Å². The number of amides is 1. The van der Waals surface area contributed by atoms with E-state index in [9.17, 15) is 10.0 Å². The summed E-state index contributed by atoms with van der Waals surface area (Å²) >= 11 is 0. The molecule has 1 aliphatic rings. The van der Waals surface area contributed by atoms with Gasteiger partial charge in [0.25, 0.3) is 0 Å². The van der Waals surface area contributed by atoms with Crippen molar-refractivity contribution in [3.05, 3.63) is 5.21 Å². The summed E-state index contributed by atoms with van der Waals surface area (Å²) in [7, 11) is 0. The highest BCUT2D eigenvalue weighted by Crippen LogP contribution is 2.42. The molecule has 1 amide bonds. The van der Waals surface area contributed by atoms with Gasteiger partial charge in [-0.05, 0) is 46.5 Å². The first-order chi connectivity index (χ1) is 9.15. The van der Waals surface area contributed by atoms with E-state index in [-0.39, 0.29) is 11.4 Å². The zero-order valence-corrected chi connectivity index (χ0v) is 14.2. The average Bonchev–Trinajstić information content (AvgIpc) is 2.40. The van der Waals surface area contributed by atoms with Crippen LogP contribution in [0.5, 0.6) is 0 Å². The molecule has 1 aliphatic heterocycles. The lowest BCUT2D eigenvalue weighted by molar-refractivity contribution is -0.170. The second kappa shape index (κ2) is 5.64. The summed E-state index contributed by atoms with van der Waals surface area (Å²) in [6, 6.07) is 0. The van der Waals surface area contributed by atoms with Crippen molar-refractivity contribution in [2.24, 2.45) is 0 Å². The van der Waals surface area contributed by atoms with Crippen LogP contribution in [0.2, 0.25) is 0 Å². The third-order valence-electron chi connectivity index (χ3n) is 5.21. The number of hydroxylamine groups is 2. The van der Waals surface area contributed by atoms with Crippen molar-refractivity contribution in [3.63, 3.8) is 0 Å². The van der Waals surface area contributed by atoms with Gasteiger partial charge in [0, 0.05) is 17.6 Å². The molecule has 1 heterocycles. The Bertz CT molecular complexity index is 352. The summed E-state index contributed by atoms with van der Waals surface area (Å²) in [5, 5.41) is 14.2. The Morgan fingerprint density at radius 2 is 1.50 bits per heavy atom. The maximum atomic E-state index is 13.0. The molecular formula is C16H31N2O2-. The maximum absolute atomic E-state index is 13.0. The zero-order chi connectivity index (χ0) is 15.8. The number of carbonyl (C=O) groups excluding carboxylic acids is 1. The van der Waals surface area contributed by atoms with Crippen LogP contribution in [-0.4, -0.2) is 39.0 Å². The largest absolute Gasteiger partial charge is 0.784 e. The van der Waals surface area contributed by atoms with Crippen LogP contribution in [0.4, 0.5) is 0 Å². The van der Waals surface area contributed by atoms with E-state index in [0.29, 0.717) is 19.4 Å². The number of hydrogen-bond donors (Lipinski definition) is 0. The normalized spacial score (nSPS) is 23.2. The fraction of sp³-hybridized carbons (Fsp3) is 0.938. The molecule has 118 valence electrons. The quantitative estimate of drug-likeness (QED) is 0.792. The Morgan fingerprint density at radius 1 is 1.05 bits per heavy atom. The number of rotatable bonds is 4. The first kappa shape index (κ1) is 17.4. The summed E-state index contributed by atoms with van der Waals surface area (Å²) in [4.78, 5) is 14.9. The van der Waals surface area contributed by atoms with Crippen LogP contribution in [-0.2, 0) is 4.79 Å². The van der Waals surface area contributed by atoms with Crippen molar-refractivity contribution in [2.75, 3.05) is 6.54 Å². The van der Waals surface area contributed by atoms with Crippen LogP contribution in [0.3, 0.4) is 0 Å². The summed E-state index contributed by atoms with van der Waals surface area (Å²) < 4.78 is 0. The lowest BCUT2D eigenvalue weighted by atomic mass is 9.77. The van der Waals surface area contributed by atoms with Gasteiger partial charge in [-0.1, -0.05) is 27.7 Å². The lowest BCUT2D eigenvalue weighted by Crippen LogP contribution is -2.75. The first-order valence-corrected chi connectivity index (χ1v) is 7.94. The van der Waals surface area contributed by atoms with Crippen LogP contribution in [0, 0.1) is 5.21 Å². The predicted octanol–water partition coefficient (Wildman–Crippen LogP) is 3.54. The molecule has 0 atom stereocenters. The average molecular weight is 283 g/mol. The van der Waals surface area contributed by atoms with Gasteiger partial charge in [-0.3, -0.25) is 4.79 Å². The summed E-state index contributed by atoms with van der Waals surface area (Å²) in [6.45, 7) is 14.7. The van der Waals surface area contributed by atoms with Crippen LogP contribution in [0.1, 0.15) is 74.1 Å². The van der Waals surface area contributed by atoms with E-state index in [2.05, 4.69) is 34.6 Å². The van der Waals surface area contributed by atoms with Gasteiger partial charge < -0.3 is 15.2 Å². The minimum atomic E-state index is -0.891. The standard InChI is InChI=1S/C16H31N2O2/c1-8-15(9-2)12-17(14(5,6)7)13(19)16(10-3,11-4)18(15)20/h8-12H2,1-7H3/q-1. The number of piperazine rings is 1. The molecule has 0 saturated carbocycles. The van der Waals surface area contributed by atoms with Crippen molar-refractivity contribution in [3.8, 4) is 0 Å². The van der Waals surface area contributed by atoms with Crippen molar-refractivity contribution in [1.82, 2.24) is 9.96 Å². The monoisotopic (exact) mass is 283 g/mol. The van der Waals surface area contributed by atoms with Crippen molar-refractivity contribution < 1.29 is 4.79 Å². The third kappa shape index (κ3) is 2.37. The van der Waals surface area contributed by atoms with E-state index in [4.69, 9.17) is 0 Å². The van der Waals surface area contributed by atoms with E-state index in [1.54, 1.807) is 0 Å². The Morgan fingerprint density at radius 3 is 1.80 bits per heavy atom. The minimum Gasteiger partial charge on any atom is -0.784 e. The molecule has 0 unspecified atom stereocenters. The second-order valence-corrected chi connectivity index (χ2v) is 7.03. The molecule has 0 N–H and O–H groups in total. The molecule has 1 fully saturated rings. The van der Waals surface area contributed by atoms with Crippen LogP contribution < -0.4 is 0 Å². The highest BCUT2D eigenvalue weighted by molar-refractivity contribution is 5.88. The Balaban J connectivity index is 3.41. The van der Waals surface area contributed by atoms with Crippen molar-refractivity contribution >= 4 is 5.91 Å². The molecule has 0 aliphatic carbocycles. The molecule has 0 radical (unpaired) electrons. The predicted molar refractivity (Wildman–Crippen MR) is 83.3 cm³/mol. The fourth-order valence-corrected chi connectivity index (χ4v) is 3.36. The molecule has 4 heteroatoms. The molecule has 0 spiro atoms. The molecule has 1 rings (SSSR count). The second-order valence-electron chi connectivity index (χ2n) is 7.03. The smallest absolute Gasteiger partial charge is 0.242 e. The van der Waals surface area contributed by atoms with E-state index in [1.807, 2.05) is 18.7 Å². The van der Waals surface area contributed by atoms with Gasteiger partial charge in [-0.2, -0.15) is 0 Å². The molecule has 0 aromatic carbocycles. The molecule has 4 nitrogen and oxygen atoms in total. The number of nitrogens with zero attached hydrogens (tertiary/aromatic N) is 2.